The van der Waals surface area contributed by atoms with Gasteiger partial charge in [-0.15, -0.1) is 0 Å². The molecule has 0 fully saturated rings. The van der Waals surface area contributed by atoms with E-state index in [-0.39, 0.29) is 0 Å². The van der Waals surface area contributed by atoms with Crippen molar-refractivity contribution in [1.82, 2.24) is 0 Å². The summed E-state index contributed by atoms with van der Waals surface area (Å²) in [7, 11) is 1.62. The van der Waals surface area contributed by atoms with E-state index in [1.165, 1.54) is 0 Å². The second-order valence-electron chi connectivity index (χ2n) is 8.06. The molecule has 2 aliphatic heterocycles. The zero-order chi connectivity index (χ0) is 20.6. The Kier molecular flexibility index (Phi) is 5.04. The molecule has 1 amide bonds. The van der Waals surface area contributed by atoms with E-state index in [1.54, 1.807) is 23.8 Å². The number of para-hydroxylation sites is 2. The Hall–Kier alpha value is -2.51. The van der Waals surface area contributed by atoms with Crippen LogP contribution in [0.15, 0.2) is 59.6 Å². The smallest absolute Gasteiger partial charge is 0.417 e. The molecule has 0 aromatic heterocycles. The van der Waals surface area contributed by atoms with Gasteiger partial charge in [0.25, 0.3) is 0 Å². The first kappa shape index (κ1) is 19.8. The van der Waals surface area contributed by atoms with Crippen LogP contribution < -0.4 is 10.2 Å². The molecule has 2 aliphatic rings. The number of amides is 1. The monoisotopic (exact) mass is 411 g/mol. The second kappa shape index (κ2) is 7.39. The summed E-state index contributed by atoms with van der Waals surface area (Å²) in [6, 6.07) is 17.8. The SMILES string of the molecule is CO[C@@H]1N(C(=O)OC(C)(C)C)c2ccccc2[C@@]12CN=C(Nc1ccccc1)S2. The first-order valence-corrected chi connectivity index (χ1v) is 10.4. The van der Waals surface area contributed by atoms with Crippen LogP contribution in [0, 0.1) is 0 Å². The average molecular weight is 412 g/mol. The van der Waals surface area contributed by atoms with E-state index in [4.69, 9.17) is 14.5 Å². The van der Waals surface area contributed by atoms with Crippen molar-refractivity contribution in [3.63, 3.8) is 0 Å². The third-order valence-corrected chi connectivity index (χ3v) is 6.17. The summed E-state index contributed by atoms with van der Waals surface area (Å²) >= 11 is 1.59. The van der Waals surface area contributed by atoms with Crippen molar-refractivity contribution >= 4 is 34.4 Å². The van der Waals surface area contributed by atoms with Crippen molar-refractivity contribution in [2.45, 2.75) is 37.3 Å². The fourth-order valence-corrected chi connectivity index (χ4v) is 5.07. The molecule has 0 saturated carbocycles. The second-order valence-corrected chi connectivity index (χ2v) is 9.38. The molecule has 152 valence electrons. The molecule has 0 saturated heterocycles. The van der Waals surface area contributed by atoms with Gasteiger partial charge >= 0.3 is 6.09 Å². The van der Waals surface area contributed by atoms with Crippen LogP contribution in [0.4, 0.5) is 16.2 Å². The van der Waals surface area contributed by atoms with Gasteiger partial charge in [-0.3, -0.25) is 4.99 Å². The van der Waals surface area contributed by atoms with Crippen molar-refractivity contribution < 1.29 is 14.3 Å². The first-order chi connectivity index (χ1) is 13.8. The standard InChI is InChI=1S/C22H25N3O3S/c1-21(2,3)28-20(26)25-17-13-9-8-12-16(17)22(18(25)27-4)14-23-19(29-22)24-15-10-6-5-7-11-15/h5-13,18H,14H2,1-4H3,(H,23,24)/t18-,22-/m0/s1. The highest BCUT2D eigenvalue weighted by molar-refractivity contribution is 8.15. The van der Waals surface area contributed by atoms with Crippen LogP contribution in [0.25, 0.3) is 0 Å². The number of methoxy groups -OCH3 is 1. The summed E-state index contributed by atoms with van der Waals surface area (Å²) in [5, 5.41) is 4.18. The van der Waals surface area contributed by atoms with Crippen molar-refractivity contribution in [2.75, 3.05) is 23.9 Å². The molecule has 0 unspecified atom stereocenters. The number of nitrogens with one attached hydrogen (secondary N) is 1. The maximum Gasteiger partial charge on any atom is 0.417 e. The minimum atomic E-state index is -0.598. The summed E-state index contributed by atoms with van der Waals surface area (Å²) in [4.78, 5) is 19.4. The maximum atomic E-state index is 13.1. The van der Waals surface area contributed by atoms with E-state index in [1.807, 2.05) is 75.4 Å². The zero-order valence-electron chi connectivity index (χ0n) is 17.0. The summed E-state index contributed by atoms with van der Waals surface area (Å²) in [5.41, 5.74) is 2.20. The molecular formula is C22H25N3O3S. The van der Waals surface area contributed by atoms with Gasteiger partial charge in [0.1, 0.15) is 10.3 Å². The summed E-state index contributed by atoms with van der Waals surface area (Å²) in [6.45, 7) is 6.08. The molecule has 29 heavy (non-hydrogen) atoms. The third-order valence-electron chi connectivity index (χ3n) is 4.83. The van der Waals surface area contributed by atoms with E-state index in [2.05, 4.69) is 5.32 Å². The van der Waals surface area contributed by atoms with Gasteiger partial charge in [-0.25, -0.2) is 9.69 Å². The van der Waals surface area contributed by atoms with Crippen molar-refractivity contribution in [3.05, 3.63) is 60.2 Å². The largest absolute Gasteiger partial charge is 0.443 e. The molecule has 1 N–H and O–H groups in total. The highest BCUT2D eigenvalue weighted by Gasteiger charge is 2.57. The molecule has 1 spiro atoms. The molecule has 6 nitrogen and oxygen atoms in total. The van der Waals surface area contributed by atoms with Gasteiger partial charge < -0.3 is 14.8 Å². The number of rotatable bonds is 2. The van der Waals surface area contributed by atoms with Crippen LogP contribution in [0.5, 0.6) is 0 Å². The third kappa shape index (κ3) is 3.60. The van der Waals surface area contributed by atoms with Gasteiger partial charge in [0, 0.05) is 12.8 Å². The lowest BCUT2D eigenvalue weighted by Crippen LogP contribution is -2.49. The Balaban J connectivity index is 1.66. The Morgan fingerprint density at radius 2 is 1.86 bits per heavy atom. The van der Waals surface area contributed by atoms with Gasteiger partial charge in [-0.05, 0) is 44.5 Å². The van der Waals surface area contributed by atoms with Crippen molar-refractivity contribution in [2.24, 2.45) is 4.99 Å². The number of fused-ring (bicyclic) bond motifs is 2. The van der Waals surface area contributed by atoms with Crippen LogP contribution in [0.3, 0.4) is 0 Å². The Labute approximate surface area is 175 Å². The number of aliphatic imine (C=N–C) groups is 1. The molecule has 0 bridgehead atoms. The van der Waals surface area contributed by atoms with E-state index < -0.39 is 22.7 Å². The van der Waals surface area contributed by atoms with Crippen LogP contribution in [-0.4, -0.2) is 36.7 Å². The van der Waals surface area contributed by atoms with Crippen molar-refractivity contribution in [1.29, 1.82) is 0 Å². The number of hydrogen-bond donors (Lipinski definition) is 1. The molecule has 0 radical (unpaired) electrons. The van der Waals surface area contributed by atoms with Crippen LogP contribution in [0.2, 0.25) is 0 Å². The number of benzene rings is 2. The number of anilines is 2. The number of carbonyl (C=O) groups is 1. The van der Waals surface area contributed by atoms with Crippen LogP contribution in [-0.2, 0) is 14.2 Å². The van der Waals surface area contributed by atoms with Gasteiger partial charge in [0.2, 0.25) is 0 Å². The van der Waals surface area contributed by atoms with E-state index >= 15 is 0 Å². The Bertz CT molecular complexity index is 942. The zero-order valence-corrected chi connectivity index (χ0v) is 17.8. The quantitative estimate of drug-likeness (QED) is 0.767. The number of amidine groups is 1. The number of ether oxygens (including phenoxy) is 2. The predicted molar refractivity (Wildman–Crippen MR) is 118 cm³/mol. The highest BCUT2D eigenvalue weighted by Crippen LogP contribution is 2.55. The number of hydrogen-bond acceptors (Lipinski definition) is 6. The van der Waals surface area contributed by atoms with Gasteiger partial charge in [0.05, 0.1) is 12.2 Å². The Morgan fingerprint density at radius 3 is 2.55 bits per heavy atom. The molecule has 2 heterocycles. The van der Waals surface area contributed by atoms with E-state index in [0.29, 0.717) is 6.54 Å². The summed E-state index contributed by atoms with van der Waals surface area (Å²) in [5.74, 6) is 0. The fraction of sp³-hybridized carbons (Fsp3) is 0.364. The molecule has 2 aromatic rings. The maximum absolute atomic E-state index is 13.1. The molecular weight excluding hydrogens is 386 g/mol. The van der Waals surface area contributed by atoms with Crippen molar-refractivity contribution in [3.8, 4) is 0 Å². The van der Waals surface area contributed by atoms with E-state index in [0.717, 1.165) is 22.1 Å². The average Bonchev–Trinajstić information content (AvgIpc) is 3.21. The minimum absolute atomic E-state index is 0.418. The molecule has 7 heteroatoms. The minimum Gasteiger partial charge on any atom is -0.443 e. The van der Waals surface area contributed by atoms with Crippen LogP contribution >= 0.6 is 11.8 Å². The number of thioether (sulfide) groups is 1. The summed E-state index contributed by atoms with van der Waals surface area (Å²) < 4.78 is 11.0. The van der Waals surface area contributed by atoms with Gasteiger partial charge in [-0.1, -0.05) is 48.2 Å². The first-order valence-electron chi connectivity index (χ1n) is 9.54. The lowest BCUT2D eigenvalue weighted by atomic mass is 9.99. The number of carbonyl (C=O) groups excluding carboxylic acids is 1. The predicted octanol–water partition coefficient (Wildman–Crippen LogP) is 4.82. The molecule has 0 aliphatic carbocycles. The molecule has 4 rings (SSSR count). The Morgan fingerprint density at radius 1 is 1.17 bits per heavy atom. The topological polar surface area (TPSA) is 63.2 Å². The normalized spacial score (nSPS) is 23.1. The van der Waals surface area contributed by atoms with E-state index in [9.17, 15) is 4.79 Å². The highest BCUT2D eigenvalue weighted by atomic mass is 32.2. The van der Waals surface area contributed by atoms with Crippen LogP contribution in [0.1, 0.15) is 26.3 Å². The van der Waals surface area contributed by atoms with Gasteiger partial charge in [0.15, 0.2) is 11.4 Å². The van der Waals surface area contributed by atoms with Gasteiger partial charge in [-0.2, -0.15) is 0 Å². The lowest BCUT2D eigenvalue weighted by Gasteiger charge is -2.33. The summed E-state index contributed by atoms with van der Waals surface area (Å²) in [6.07, 6.45) is -0.947. The fourth-order valence-electron chi connectivity index (χ4n) is 3.72. The molecule has 2 aromatic carbocycles. The number of nitrogens with zero attached hydrogens (tertiary/aromatic N) is 2. The lowest BCUT2D eigenvalue weighted by molar-refractivity contribution is 0.0337. The molecule has 2 atom stereocenters.